The van der Waals surface area contributed by atoms with Crippen LogP contribution in [-0.2, 0) is 6.42 Å². The summed E-state index contributed by atoms with van der Waals surface area (Å²) in [4.78, 5) is 28.3. The maximum Gasteiger partial charge on any atom is 0.187 e. The average molecular weight is 324 g/mol. The van der Waals surface area contributed by atoms with E-state index in [1.54, 1.807) is 13.0 Å². The van der Waals surface area contributed by atoms with Gasteiger partial charge < -0.3 is 4.74 Å². The number of Topliss-reactive ketones (excluding diaryl/α,β-unsaturated/α-hetero) is 1. The van der Waals surface area contributed by atoms with Crippen LogP contribution in [0.1, 0.15) is 21.9 Å². The van der Waals surface area contributed by atoms with Gasteiger partial charge in [0.15, 0.2) is 11.5 Å². The molecule has 6 nitrogen and oxygen atoms in total. The summed E-state index contributed by atoms with van der Waals surface area (Å²) in [5.41, 5.74) is 1.20. The summed E-state index contributed by atoms with van der Waals surface area (Å²) < 4.78 is 18.8. The van der Waals surface area contributed by atoms with Crippen molar-refractivity contribution in [3.63, 3.8) is 0 Å². The number of aromatic nitrogens is 4. The van der Waals surface area contributed by atoms with Gasteiger partial charge >= 0.3 is 0 Å². The van der Waals surface area contributed by atoms with E-state index in [0.29, 0.717) is 22.9 Å². The van der Waals surface area contributed by atoms with Crippen LogP contribution in [0.25, 0.3) is 0 Å². The highest BCUT2D eigenvalue weighted by molar-refractivity contribution is 5.95. The van der Waals surface area contributed by atoms with Crippen LogP contribution in [0.3, 0.4) is 0 Å². The predicted octanol–water partition coefficient (Wildman–Crippen LogP) is 2.93. The number of halogens is 1. The van der Waals surface area contributed by atoms with Gasteiger partial charge in [0.2, 0.25) is 0 Å². The van der Waals surface area contributed by atoms with E-state index in [1.807, 2.05) is 0 Å². The molecule has 0 atom stereocenters. The van der Waals surface area contributed by atoms with Crippen LogP contribution in [0.4, 0.5) is 4.39 Å². The molecule has 0 aliphatic carbocycles. The second-order valence-corrected chi connectivity index (χ2v) is 5.07. The topological polar surface area (TPSA) is 77.9 Å². The molecule has 0 unspecified atom stereocenters. The summed E-state index contributed by atoms with van der Waals surface area (Å²) in [5, 5.41) is 0. The van der Waals surface area contributed by atoms with Gasteiger partial charge in [0.1, 0.15) is 23.6 Å². The monoisotopic (exact) mass is 324 g/mol. The number of ketones is 1. The van der Waals surface area contributed by atoms with Gasteiger partial charge in [-0.3, -0.25) is 9.78 Å². The number of nitrogens with zero attached hydrogens (tertiary/aromatic N) is 4. The quantitative estimate of drug-likeness (QED) is 0.672. The summed E-state index contributed by atoms with van der Waals surface area (Å²) in [6, 6.07) is 5.69. The smallest absolute Gasteiger partial charge is 0.187 e. The van der Waals surface area contributed by atoms with E-state index in [9.17, 15) is 9.18 Å². The van der Waals surface area contributed by atoms with E-state index in [0.717, 1.165) is 0 Å². The van der Waals surface area contributed by atoms with Crippen LogP contribution in [0.2, 0.25) is 0 Å². The first-order chi connectivity index (χ1) is 11.6. The molecule has 0 fully saturated rings. The highest BCUT2D eigenvalue weighted by Gasteiger charge is 2.13. The van der Waals surface area contributed by atoms with E-state index >= 15 is 0 Å². The molecule has 0 amide bonds. The summed E-state index contributed by atoms with van der Waals surface area (Å²) in [5.74, 6) is 0.199. The van der Waals surface area contributed by atoms with Gasteiger partial charge in [0, 0.05) is 24.0 Å². The third-order valence-electron chi connectivity index (χ3n) is 3.11. The second kappa shape index (κ2) is 6.91. The van der Waals surface area contributed by atoms with Gasteiger partial charge in [-0.25, -0.2) is 19.3 Å². The van der Waals surface area contributed by atoms with Crippen molar-refractivity contribution in [2.45, 2.75) is 13.3 Å². The van der Waals surface area contributed by atoms with Crippen LogP contribution >= 0.6 is 0 Å². The number of hydrogen-bond acceptors (Lipinski definition) is 6. The Morgan fingerprint density at radius 2 is 1.96 bits per heavy atom. The number of carbonyl (C=O) groups excluding carboxylic acids is 1. The van der Waals surface area contributed by atoms with Crippen molar-refractivity contribution in [2.75, 3.05) is 0 Å². The molecule has 3 heterocycles. The van der Waals surface area contributed by atoms with E-state index in [4.69, 9.17) is 4.74 Å². The maximum absolute atomic E-state index is 13.2. The standard InChI is InChI=1S/C17H13FN4O2/c1-11-4-14(24-15-8-19-10-20-9-15)7-16(22-11)17(23)6-13-5-12(18)2-3-21-13/h2-5,7-10H,6H2,1H3. The van der Waals surface area contributed by atoms with E-state index in [-0.39, 0.29) is 17.9 Å². The number of rotatable bonds is 5. The summed E-state index contributed by atoms with van der Waals surface area (Å²) in [6.45, 7) is 1.76. The molecule has 0 spiro atoms. The normalized spacial score (nSPS) is 10.4. The molecule has 0 N–H and O–H groups in total. The van der Waals surface area contributed by atoms with Gasteiger partial charge in [-0.05, 0) is 19.1 Å². The Bertz CT molecular complexity index is 871. The average Bonchev–Trinajstić information content (AvgIpc) is 2.55. The molecule has 3 aromatic heterocycles. The Kier molecular flexibility index (Phi) is 4.51. The number of aryl methyl sites for hydroxylation is 1. The highest BCUT2D eigenvalue weighted by atomic mass is 19.1. The van der Waals surface area contributed by atoms with Crippen LogP contribution < -0.4 is 4.74 Å². The lowest BCUT2D eigenvalue weighted by Crippen LogP contribution is -2.08. The van der Waals surface area contributed by atoms with Gasteiger partial charge in [-0.2, -0.15) is 0 Å². The number of hydrogen-bond donors (Lipinski definition) is 0. The summed E-state index contributed by atoms with van der Waals surface area (Å²) >= 11 is 0. The third-order valence-corrected chi connectivity index (χ3v) is 3.11. The van der Waals surface area contributed by atoms with Gasteiger partial charge in [-0.1, -0.05) is 0 Å². The van der Waals surface area contributed by atoms with Crippen molar-refractivity contribution in [3.05, 3.63) is 72.1 Å². The summed E-state index contributed by atoms with van der Waals surface area (Å²) in [7, 11) is 0. The van der Waals surface area contributed by atoms with Crippen molar-refractivity contribution in [2.24, 2.45) is 0 Å². The Balaban J connectivity index is 1.81. The van der Waals surface area contributed by atoms with Crippen molar-refractivity contribution in [3.8, 4) is 11.5 Å². The number of ether oxygens (including phenoxy) is 1. The molecule has 0 bridgehead atoms. The third kappa shape index (κ3) is 3.95. The molecule has 3 rings (SSSR count). The fourth-order valence-electron chi connectivity index (χ4n) is 2.11. The number of carbonyl (C=O) groups is 1. The van der Waals surface area contributed by atoms with Gasteiger partial charge in [0.05, 0.1) is 24.5 Å². The lowest BCUT2D eigenvalue weighted by molar-refractivity contribution is 0.0986. The largest absolute Gasteiger partial charge is 0.454 e. The molecule has 0 aliphatic heterocycles. The zero-order chi connectivity index (χ0) is 16.9. The fraction of sp³-hybridized carbons (Fsp3) is 0.118. The molecule has 0 radical (unpaired) electrons. The molecular weight excluding hydrogens is 311 g/mol. The van der Waals surface area contributed by atoms with Crippen molar-refractivity contribution in [1.29, 1.82) is 0 Å². The molecule has 0 aromatic carbocycles. The maximum atomic E-state index is 13.2. The van der Waals surface area contributed by atoms with E-state index in [2.05, 4.69) is 19.9 Å². The van der Waals surface area contributed by atoms with Crippen LogP contribution in [0, 0.1) is 12.7 Å². The second-order valence-electron chi connectivity index (χ2n) is 5.07. The SMILES string of the molecule is Cc1cc(Oc2cncnc2)cc(C(=O)Cc2cc(F)ccn2)n1. The van der Waals surface area contributed by atoms with Crippen molar-refractivity contribution in [1.82, 2.24) is 19.9 Å². The highest BCUT2D eigenvalue weighted by Crippen LogP contribution is 2.21. The Labute approximate surface area is 137 Å². The molecule has 0 aliphatic rings. The Morgan fingerprint density at radius 3 is 2.71 bits per heavy atom. The van der Waals surface area contributed by atoms with Crippen molar-refractivity contribution < 1.29 is 13.9 Å². The van der Waals surface area contributed by atoms with Crippen LogP contribution in [0.5, 0.6) is 11.5 Å². The lowest BCUT2D eigenvalue weighted by Gasteiger charge is -2.08. The summed E-state index contributed by atoms with van der Waals surface area (Å²) in [6.07, 6.45) is 5.71. The Morgan fingerprint density at radius 1 is 1.17 bits per heavy atom. The predicted molar refractivity (Wildman–Crippen MR) is 83.3 cm³/mol. The fourth-order valence-corrected chi connectivity index (χ4v) is 2.11. The molecule has 120 valence electrons. The molecule has 0 saturated heterocycles. The first kappa shape index (κ1) is 15.7. The minimum atomic E-state index is -0.432. The van der Waals surface area contributed by atoms with Crippen LogP contribution in [-0.4, -0.2) is 25.7 Å². The molecular formula is C17H13FN4O2. The zero-order valence-electron chi connectivity index (χ0n) is 12.8. The van der Waals surface area contributed by atoms with Gasteiger partial charge in [0.25, 0.3) is 0 Å². The molecule has 24 heavy (non-hydrogen) atoms. The van der Waals surface area contributed by atoms with Crippen molar-refractivity contribution >= 4 is 5.78 Å². The molecule has 7 heteroatoms. The minimum absolute atomic E-state index is 0.0396. The molecule has 0 saturated carbocycles. The Hall–Kier alpha value is -3.22. The lowest BCUT2D eigenvalue weighted by atomic mass is 10.1. The first-order valence-corrected chi connectivity index (χ1v) is 7.15. The number of pyridine rings is 2. The minimum Gasteiger partial charge on any atom is -0.454 e. The molecule has 3 aromatic rings. The van der Waals surface area contributed by atoms with E-state index in [1.165, 1.54) is 43.1 Å². The van der Waals surface area contributed by atoms with E-state index < -0.39 is 5.82 Å². The zero-order valence-corrected chi connectivity index (χ0v) is 12.8. The first-order valence-electron chi connectivity index (χ1n) is 7.15. The van der Waals surface area contributed by atoms with Gasteiger partial charge in [-0.15, -0.1) is 0 Å². The van der Waals surface area contributed by atoms with Crippen LogP contribution in [0.15, 0.2) is 49.2 Å².